The highest BCUT2D eigenvalue weighted by molar-refractivity contribution is 5.22. The SMILES string of the molecule is CCCN1CCCCC1c1ccc(OCc2ccccc2)nc1. The first-order valence-electron chi connectivity index (χ1n) is 8.73. The van der Waals surface area contributed by atoms with Crippen LogP contribution in [0.5, 0.6) is 5.88 Å². The van der Waals surface area contributed by atoms with Gasteiger partial charge in [-0.1, -0.05) is 49.7 Å². The fraction of sp³-hybridized carbons (Fsp3) is 0.450. The number of nitrogens with zero attached hydrogens (tertiary/aromatic N) is 2. The van der Waals surface area contributed by atoms with Gasteiger partial charge >= 0.3 is 0 Å². The Hall–Kier alpha value is -1.87. The van der Waals surface area contributed by atoms with Crippen molar-refractivity contribution in [3.05, 3.63) is 59.8 Å². The lowest BCUT2D eigenvalue weighted by Crippen LogP contribution is -2.34. The molecule has 2 aromatic rings. The van der Waals surface area contributed by atoms with Gasteiger partial charge in [0, 0.05) is 18.3 Å². The molecule has 0 radical (unpaired) electrons. The summed E-state index contributed by atoms with van der Waals surface area (Å²) in [5.74, 6) is 0.704. The van der Waals surface area contributed by atoms with E-state index < -0.39 is 0 Å². The number of aromatic nitrogens is 1. The van der Waals surface area contributed by atoms with Crippen LogP contribution in [0, 0.1) is 0 Å². The van der Waals surface area contributed by atoms with Crippen LogP contribution in [0.25, 0.3) is 0 Å². The summed E-state index contributed by atoms with van der Waals surface area (Å²) in [6.45, 7) is 5.21. The Labute approximate surface area is 139 Å². The van der Waals surface area contributed by atoms with Gasteiger partial charge in [-0.15, -0.1) is 0 Å². The second kappa shape index (κ2) is 8.11. The number of benzene rings is 1. The third-order valence-electron chi connectivity index (χ3n) is 4.50. The van der Waals surface area contributed by atoms with Crippen molar-refractivity contribution in [2.75, 3.05) is 13.1 Å². The largest absolute Gasteiger partial charge is 0.473 e. The Morgan fingerprint density at radius 2 is 2.00 bits per heavy atom. The van der Waals surface area contributed by atoms with Crippen molar-refractivity contribution in [3.63, 3.8) is 0 Å². The molecule has 1 saturated heterocycles. The first-order chi connectivity index (χ1) is 11.4. The summed E-state index contributed by atoms with van der Waals surface area (Å²) < 4.78 is 5.78. The fourth-order valence-electron chi connectivity index (χ4n) is 3.33. The van der Waals surface area contributed by atoms with E-state index in [1.165, 1.54) is 49.9 Å². The van der Waals surface area contributed by atoms with Crippen LogP contribution in [0.2, 0.25) is 0 Å². The summed E-state index contributed by atoms with van der Waals surface area (Å²) in [4.78, 5) is 7.12. The predicted octanol–water partition coefficient (Wildman–Crippen LogP) is 4.60. The molecule has 0 saturated carbocycles. The van der Waals surface area contributed by atoms with E-state index in [9.17, 15) is 0 Å². The monoisotopic (exact) mass is 310 g/mol. The molecule has 122 valence electrons. The zero-order valence-corrected chi connectivity index (χ0v) is 13.9. The summed E-state index contributed by atoms with van der Waals surface area (Å²) in [5, 5.41) is 0. The highest BCUT2D eigenvalue weighted by Gasteiger charge is 2.23. The maximum absolute atomic E-state index is 5.78. The van der Waals surface area contributed by atoms with Crippen LogP contribution in [-0.2, 0) is 6.61 Å². The van der Waals surface area contributed by atoms with E-state index in [2.05, 4.69) is 35.0 Å². The molecular formula is C20H26N2O. The first kappa shape index (κ1) is 16.0. The van der Waals surface area contributed by atoms with Crippen LogP contribution >= 0.6 is 0 Å². The zero-order valence-electron chi connectivity index (χ0n) is 13.9. The second-order valence-corrected chi connectivity index (χ2v) is 6.25. The molecule has 3 heteroatoms. The lowest BCUT2D eigenvalue weighted by molar-refractivity contribution is 0.148. The Morgan fingerprint density at radius 1 is 1.13 bits per heavy atom. The van der Waals surface area contributed by atoms with Crippen LogP contribution in [-0.4, -0.2) is 23.0 Å². The Bertz CT molecular complexity index is 580. The predicted molar refractivity (Wildman–Crippen MR) is 93.5 cm³/mol. The molecule has 23 heavy (non-hydrogen) atoms. The molecule has 1 fully saturated rings. The third kappa shape index (κ3) is 4.32. The van der Waals surface area contributed by atoms with E-state index in [0.717, 1.165) is 0 Å². The van der Waals surface area contributed by atoms with Crippen molar-refractivity contribution in [1.82, 2.24) is 9.88 Å². The highest BCUT2D eigenvalue weighted by atomic mass is 16.5. The summed E-state index contributed by atoms with van der Waals surface area (Å²) >= 11 is 0. The molecule has 1 aliphatic rings. The number of hydrogen-bond acceptors (Lipinski definition) is 3. The normalized spacial score (nSPS) is 18.7. The molecule has 1 aromatic heterocycles. The van der Waals surface area contributed by atoms with Crippen molar-refractivity contribution >= 4 is 0 Å². The molecule has 0 bridgehead atoms. The maximum atomic E-state index is 5.78. The number of hydrogen-bond donors (Lipinski definition) is 0. The first-order valence-corrected chi connectivity index (χ1v) is 8.73. The minimum absolute atomic E-state index is 0.527. The summed E-state index contributed by atoms with van der Waals surface area (Å²) in [6, 6.07) is 14.9. The molecule has 1 unspecified atom stereocenters. The lowest BCUT2D eigenvalue weighted by Gasteiger charge is -2.35. The molecule has 0 amide bonds. The number of ether oxygens (including phenoxy) is 1. The molecule has 0 spiro atoms. The number of rotatable bonds is 6. The minimum atomic E-state index is 0.527. The fourth-order valence-corrected chi connectivity index (χ4v) is 3.33. The standard InChI is InChI=1S/C20H26N2O/c1-2-13-22-14-7-6-10-19(22)18-11-12-20(21-15-18)23-16-17-8-4-3-5-9-17/h3-5,8-9,11-12,15,19H,2,6-7,10,13-14,16H2,1H3. The Kier molecular flexibility index (Phi) is 5.65. The van der Waals surface area contributed by atoms with Crippen molar-refractivity contribution in [1.29, 1.82) is 0 Å². The maximum Gasteiger partial charge on any atom is 0.213 e. The molecule has 2 heterocycles. The summed E-state index contributed by atoms with van der Waals surface area (Å²) in [5.41, 5.74) is 2.49. The lowest BCUT2D eigenvalue weighted by atomic mass is 9.96. The van der Waals surface area contributed by atoms with E-state index in [-0.39, 0.29) is 0 Å². The number of likely N-dealkylation sites (tertiary alicyclic amines) is 1. The van der Waals surface area contributed by atoms with E-state index in [0.29, 0.717) is 18.5 Å². The molecular weight excluding hydrogens is 284 g/mol. The molecule has 3 rings (SSSR count). The van der Waals surface area contributed by atoms with Gasteiger partial charge in [-0.25, -0.2) is 4.98 Å². The van der Waals surface area contributed by atoms with Crippen LogP contribution in [0.3, 0.4) is 0 Å². The van der Waals surface area contributed by atoms with Crippen LogP contribution in [0.4, 0.5) is 0 Å². The van der Waals surface area contributed by atoms with Gasteiger partial charge < -0.3 is 4.74 Å². The molecule has 1 aromatic carbocycles. The van der Waals surface area contributed by atoms with Crippen molar-refractivity contribution in [2.45, 2.75) is 45.3 Å². The highest BCUT2D eigenvalue weighted by Crippen LogP contribution is 2.31. The Balaban J connectivity index is 1.62. The number of pyridine rings is 1. The van der Waals surface area contributed by atoms with Gasteiger partial charge in [0.1, 0.15) is 6.61 Å². The van der Waals surface area contributed by atoms with Gasteiger partial charge in [0.2, 0.25) is 5.88 Å². The Morgan fingerprint density at radius 3 is 2.74 bits per heavy atom. The van der Waals surface area contributed by atoms with Gasteiger partial charge in [0.05, 0.1) is 0 Å². The third-order valence-corrected chi connectivity index (χ3v) is 4.50. The van der Waals surface area contributed by atoms with Crippen molar-refractivity contribution in [3.8, 4) is 5.88 Å². The van der Waals surface area contributed by atoms with Gasteiger partial charge in [0.15, 0.2) is 0 Å². The van der Waals surface area contributed by atoms with Crippen LogP contribution in [0.1, 0.15) is 49.8 Å². The van der Waals surface area contributed by atoms with Gasteiger partial charge in [-0.05, 0) is 43.5 Å². The topological polar surface area (TPSA) is 25.4 Å². The average Bonchev–Trinajstić information content (AvgIpc) is 2.62. The quantitative estimate of drug-likeness (QED) is 0.780. The van der Waals surface area contributed by atoms with Gasteiger partial charge in [0.25, 0.3) is 0 Å². The van der Waals surface area contributed by atoms with Gasteiger partial charge in [-0.3, -0.25) is 4.90 Å². The van der Waals surface area contributed by atoms with Crippen molar-refractivity contribution in [2.24, 2.45) is 0 Å². The molecule has 0 N–H and O–H groups in total. The summed E-state index contributed by atoms with van der Waals surface area (Å²) in [6.07, 6.45) is 7.09. The molecule has 1 aliphatic heterocycles. The molecule has 0 aliphatic carbocycles. The smallest absolute Gasteiger partial charge is 0.213 e. The van der Waals surface area contributed by atoms with E-state index in [1.54, 1.807) is 0 Å². The second-order valence-electron chi connectivity index (χ2n) is 6.25. The van der Waals surface area contributed by atoms with E-state index in [4.69, 9.17) is 4.74 Å². The van der Waals surface area contributed by atoms with E-state index in [1.807, 2.05) is 30.5 Å². The van der Waals surface area contributed by atoms with Crippen LogP contribution in [0.15, 0.2) is 48.7 Å². The number of piperidine rings is 1. The van der Waals surface area contributed by atoms with Crippen LogP contribution < -0.4 is 4.74 Å². The molecule has 3 nitrogen and oxygen atoms in total. The summed E-state index contributed by atoms with van der Waals surface area (Å²) in [7, 11) is 0. The average molecular weight is 310 g/mol. The minimum Gasteiger partial charge on any atom is -0.473 e. The van der Waals surface area contributed by atoms with Gasteiger partial charge in [-0.2, -0.15) is 0 Å². The van der Waals surface area contributed by atoms with Crippen molar-refractivity contribution < 1.29 is 4.74 Å². The van der Waals surface area contributed by atoms with E-state index >= 15 is 0 Å². The zero-order chi connectivity index (χ0) is 15.9. The molecule has 1 atom stereocenters.